The Hall–Kier alpha value is -0.793. The van der Waals surface area contributed by atoms with Crippen LogP contribution in [0.3, 0.4) is 0 Å². The first-order chi connectivity index (χ1) is 4.09. The molecule has 0 aliphatic rings. The number of allylic oxidation sites excluding steroid dienone is 2. The van der Waals surface area contributed by atoms with E-state index in [-0.39, 0.29) is 18.9 Å². The fraction of sp³-hybridized carbons (Fsp3) is 0. The minimum absolute atomic E-state index is 0. The van der Waals surface area contributed by atoms with Crippen molar-refractivity contribution < 1.29 is 43.1 Å². The summed E-state index contributed by atoms with van der Waals surface area (Å²) in [6, 6.07) is -2.27. The number of halogens is 1. The monoisotopic (exact) mass is 140 g/mol. The number of aliphatic hydroxyl groups is 2. The molecule has 0 fully saturated rings. The molecule has 0 atom stereocenters. The average Bonchev–Trinajstić information content (AvgIpc) is 1.84. The van der Waals surface area contributed by atoms with Gasteiger partial charge in [0.2, 0.25) is 0 Å². The molecular formula is C4H2FLiO4. The van der Waals surface area contributed by atoms with Crippen LogP contribution in [-0.4, -0.2) is 22.5 Å². The Labute approximate surface area is 67.5 Å². The van der Waals surface area contributed by atoms with E-state index in [1.54, 1.807) is 0 Å². The molecule has 0 aromatic heterocycles. The molecule has 10 heavy (non-hydrogen) atoms. The SMILES string of the molecule is O=[C-]/C(O)=C(\O)C(=O)F.[Li+]. The Kier molecular flexibility index (Phi) is 6.00. The maximum atomic E-state index is 11.2. The molecular weight excluding hydrogens is 138 g/mol. The van der Waals surface area contributed by atoms with Crippen LogP contribution < -0.4 is 18.9 Å². The van der Waals surface area contributed by atoms with E-state index >= 15 is 0 Å². The van der Waals surface area contributed by atoms with Crippen molar-refractivity contribution in [1.29, 1.82) is 0 Å². The Morgan fingerprint density at radius 1 is 1.40 bits per heavy atom. The molecule has 2 N–H and O–H groups in total. The third-order valence-corrected chi connectivity index (χ3v) is 0.507. The second-order valence-electron chi connectivity index (χ2n) is 1.07. The molecule has 0 aromatic rings. The van der Waals surface area contributed by atoms with Crippen LogP contribution in [0.1, 0.15) is 0 Å². The van der Waals surface area contributed by atoms with Crippen molar-refractivity contribution in [2.45, 2.75) is 0 Å². The van der Waals surface area contributed by atoms with Crippen LogP contribution in [0, 0.1) is 0 Å². The fourth-order valence-corrected chi connectivity index (χ4v) is 0.141. The standard InChI is InChI=1S/C4H2FO4.Li/c5-4(9)3(8)2(7)1-6;/h7-8H;/q-1;+1/b3-2+;. The van der Waals surface area contributed by atoms with Crippen LogP contribution in [0.4, 0.5) is 4.39 Å². The van der Waals surface area contributed by atoms with Crippen molar-refractivity contribution >= 4 is 12.3 Å². The van der Waals surface area contributed by atoms with Gasteiger partial charge in [0.25, 0.3) is 6.04 Å². The van der Waals surface area contributed by atoms with Gasteiger partial charge in [-0.05, 0) is 0 Å². The second-order valence-corrected chi connectivity index (χ2v) is 1.07. The molecule has 0 aliphatic heterocycles. The van der Waals surface area contributed by atoms with E-state index in [0.29, 0.717) is 0 Å². The maximum Gasteiger partial charge on any atom is 1.00 e. The minimum Gasteiger partial charge on any atom is -0.584 e. The fourth-order valence-electron chi connectivity index (χ4n) is 0.141. The molecule has 0 amide bonds. The smallest absolute Gasteiger partial charge is 0.584 e. The Balaban J connectivity index is 0. The molecule has 0 aromatic carbocycles. The topological polar surface area (TPSA) is 74.6 Å². The van der Waals surface area contributed by atoms with E-state index in [0.717, 1.165) is 6.29 Å². The van der Waals surface area contributed by atoms with Gasteiger partial charge in [-0.2, -0.15) is 4.39 Å². The van der Waals surface area contributed by atoms with Crippen LogP contribution in [0.2, 0.25) is 0 Å². The van der Waals surface area contributed by atoms with Gasteiger partial charge in [-0.1, -0.05) is 0 Å². The van der Waals surface area contributed by atoms with Crippen LogP contribution in [0.5, 0.6) is 0 Å². The second kappa shape index (κ2) is 5.03. The summed E-state index contributed by atoms with van der Waals surface area (Å²) in [7, 11) is 0. The summed E-state index contributed by atoms with van der Waals surface area (Å²) in [5.41, 5.74) is 0. The molecule has 0 rings (SSSR count). The summed E-state index contributed by atoms with van der Waals surface area (Å²) in [4.78, 5) is 18.8. The molecule has 0 radical (unpaired) electrons. The molecule has 6 heteroatoms. The van der Waals surface area contributed by atoms with E-state index in [1.807, 2.05) is 0 Å². The summed E-state index contributed by atoms with van der Waals surface area (Å²) < 4.78 is 11.2. The predicted molar refractivity (Wildman–Crippen MR) is 24.1 cm³/mol. The molecule has 0 saturated carbocycles. The number of hydrogen-bond donors (Lipinski definition) is 2. The summed E-state index contributed by atoms with van der Waals surface area (Å²) in [5.74, 6) is -3.05. The Morgan fingerprint density at radius 3 is 1.90 bits per heavy atom. The first kappa shape index (κ1) is 11.9. The summed E-state index contributed by atoms with van der Waals surface area (Å²) >= 11 is 0. The zero-order valence-corrected chi connectivity index (χ0v) is 5.09. The Morgan fingerprint density at radius 2 is 1.80 bits per heavy atom. The van der Waals surface area contributed by atoms with Gasteiger partial charge in [0.1, 0.15) is 0 Å². The normalized spacial score (nSPS) is 10.9. The summed E-state index contributed by atoms with van der Waals surface area (Å²) in [6.07, 6.45) is 0.720. The number of aliphatic hydroxyl groups excluding tert-OH is 2. The van der Waals surface area contributed by atoms with Gasteiger partial charge in [0, 0.05) is 12.0 Å². The predicted octanol–water partition coefficient (Wildman–Crippen LogP) is -3.08. The van der Waals surface area contributed by atoms with Crippen molar-refractivity contribution in [2.75, 3.05) is 0 Å². The third-order valence-electron chi connectivity index (χ3n) is 0.507. The van der Waals surface area contributed by atoms with E-state index < -0.39 is 17.6 Å². The summed E-state index contributed by atoms with van der Waals surface area (Å²) in [5, 5.41) is 16.1. The quantitative estimate of drug-likeness (QED) is 0.140. The van der Waals surface area contributed by atoms with E-state index in [9.17, 15) is 14.0 Å². The van der Waals surface area contributed by atoms with Crippen LogP contribution in [0.15, 0.2) is 11.5 Å². The zero-order chi connectivity index (χ0) is 7.44. The molecule has 4 nitrogen and oxygen atoms in total. The first-order valence-corrected chi connectivity index (χ1v) is 1.79. The van der Waals surface area contributed by atoms with E-state index in [2.05, 4.69) is 0 Å². The Bertz CT molecular complexity index is 176. The van der Waals surface area contributed by atoms with Crippen LogP contribution >= 0.6 is 0 Å². The van der Waals surface area contributed by atoms with Gasteiger partial charge >= 0.3 is 18.9 Å². The maximum absolute atomic E-state index is 11.2. The van der Waals surface area contributed by atoms with Gasteiger partial charge in [0.15, 0.2) is 0 Å². The molecule has 0 heterocycles. The number of carbonyl (C=O) groups excluding carboxylic acids is 2. The number of hydrogen-bond acceptors (Lipinski definition) is 4. The largest absolute Gasteiger partial charge is 1.00 e. The minimum atomic E-state index is -2.27. The molecule has 0 bridgehead atoms. The van der Waals surface area contributed by atoms with Gasteiger partial charge in [-0.25, -0.2) is 0 Å². The number of carbonyl (C=O) groups is 1. The third kappa shape index (κ3) is 3.28. The molecule has 50 valence electrons. The van der Waals surface area contributed by atoms with Gasteiger partial charge in [-0.3, -0.25) is 4.79 Å². The molecule has 0 unspecified atom stereocenters. The van der Waals surface area contributed by atoms with Crippen molar-refractivity contribution in [3.63, 3.8) is 0 Å². The number of rotatable bonds is 2. The average molecular weight is 140 g/mol. The van der Waals surface area contributed by atoms with Gasteiger partial charge in [0.05, 0.1) is 5.76 Å². The van der Waals surface area contributed by atoms with Crippen LogP contribution in [-0.2, 0) is 9.59 Å². The molecule has 0 spiro atoms. The van der Waals surface area contributed by atoms with Gasteiger partial charge < -0.3 is 15.0 Å². The zero-order valence-electron chi connectivity index (χ0n) is 5.09. The van der Waals surface area contributed by atoms with E-state index in [1.165, 1.54) is 0 Å². The van der Waals surface area contributed by atoms with Crippen molar-refractivity contribution in [3.05, 3.63) is 11.5 Å². The first-order valence-electron chi connectivity index (χ1n) is 1.79. The van der Waals surface area contributed by atoms with Crippen molar-refractivity contribution in [3.8, 4) is 0 Å². The van der Waals surface area contributed by atoms with Crippen molar-refractivity contribution in [1.82, 2.24) is 0 Å². The van der Waals surface area contributed by atoms with Crippen LogP contribution in [0.25, 0.3) is 0 Å². The molecule has 0 aliphatic carbocycles. The van der Waals surface area contributed by atoms with E-state index in [4.69, 9.17) is 10.2 Å². The summed E-state index contributed by atoms with van der Waals surface area (Å²) in [6.45, 7) is 0. The van der Waals surface area contributed by atoms with Gasteiger partial charge in [-0.15, -0.1) is 0 Å². The van der Waals surface area contributed by atoms with Crippen molar-refractivity contribution in [2.24, 2.45) is 0 Å². The molecule has 0 saturated heterocycles.